The minimum absolute atomic E-state index is 0.0607. The van der Waals surface area contributed by atoms with Crippen LogP contribution in [0.2, 0.25) is 0 Å². The molecule has 0 bridgehead atoms. The van der Waals surface area contributed by atoms with Gasteiger partial charge in [0.1, 0.15) is 0 Å². The van der Waals surface area contributed by atoms with Gasteiger partial charge in [0.25, 0.3) is 0 Å². The van der Waals surface area contributed by atoms with E-state index in [9.17, 15) is 4.79 Å². The van der Waals surface area contributed by atoms with Crippen molar-refractivity contribution in [2.75, 3.05) is 14.2 Å². The molecule has 2 heterocycles. The number of aryl methyl sites for hydroxylation is 1. The summed E-state index contributed by atoms with van der Waals surface area (Å²) in [7, 11) is 3.29. The molecule has 1 aromatic heterocycles. The van der Waals surface area contributed by atoms with E-state index in [0.717, 1.165) is 36.4 Å². The third kappa shape index (κ3) is 4.65. The van der Waals surface area contributed by atoms with Crippen LogP contribution in [0.15, 0.2) is 30.6 Å². The standard InChI is InChI=1S/C21H30N4O3/c1-5-25-13-16(12-22-25)21-17(7-9-20(26)24-21)23-14(2)10-15-6-8-18(27-3)19(11-15)28-4/h6,8,11-14,17,21,23H,5,7,9-10H2,1-4H3,(H,24,26)/t14-,17+,21-/m0/s1. The first-order valence-corrected chi connectivity index (χ1v) is 9.82. The number of piperidine rings is 1. The minimum atomic E-state index is -0.0607. The number of hydrogen-bond donors (Lipinski definition) is 2. The smallest absolute Gasteiger partial charge is 0.220 e. The van der Waals surface area contributed by atoms with Crippen LogP contribution in [0, 0.1) is 0 Å². The van der Waals surface area contributed by atoms with Gasteiger partial charge in [-0.05, 0) is 44.4 Å². The maximum atomic E-state index is 12.0. The van der Waals surface area contributed by atoms with Crippen LogP contribution >= 0.6 is 0 Å². The maximum absolute atomic E-state index is 12.0. The minimum Gasteiger partial charge on any atom is -0.493 e. The van der Waals surface area contributed by atoms with Crippen LogP contribution in [-0.2, 0) is 17.8 Å². The molecule has 7 nitrogen and oxygen atoms in total. The van der Waals surface area contributed by atoms with Crippen molar-refractivity contribution in [1.29, 1.82) is 0 Å². The van der Waals surface area contributed by atoms with Gasteiger partial charge in [0.2, 0.25) is 5.91 Å². The molecule has 1 amide bonds. The largest absolute Gasteiger partial charge is 0.493 e. The molecular weight excluding hydrogens is 356 g/mol. The molecule has 1 aromatic carbocycles. The SMILES string of the molecule is CCn1cc([C@@H]2NC(=O)CC[C@H]2N[C@@H](C)Cc2ccc(OC)c(OC)c2)cn1. The van der Waals surface area contributed by atoms with Crippen LogP contribution in [0.25, 0.3) is 0 Å². The van der Waals surface area contributed by atoms with E-state index in [1.54, 1.807) is 14.2 Å². The molecule has 0 radical (unpaired) electrons. The van der Waals surface area contributed by atoms with Gasteiger partial charge in [-0.25, -0.2) is 0 Å². The lowest BCUT2D eigenvalue weighted by molar-refractivity contribution is -0.124. The zero-order valence-corrected chi connectivity index (χ0v) is 17.1. The topological polar surface area (TPSA) is 77.4 Å². The predicted octanol–water partition coefficient (Wildman–Crippen LogP) is 2.46. The first-order chi connectivity index (χ1) is 13.5. The Morgan fingerprint density at radius 1 is 1.32 bits per heavy atom. The fourth-order valence-corrected chi connectivity index (χ4v) is 3.79. The van der Waals surface area contributed by atoms with Crippen molar-refractivity contribution in [2.45, 2.75) is 57.8 Å². The first kappa shape index (κ1) is 20.2. The van der Waals surface area contributed by atoms with Gasteiger partial charge in [-0.2, -0.15) is 5.10 Å². The summed E-state index contributed by atoms with van der Waals surface area (Å²) in [5.41, 5.74) is 2.22. The van der Waals surface area contributed by atoms with Crippen molar-refractivity contribution in [2.24, 2.45) is 0 Å². The quantitative estimate of drug-likeness (QED) is 0.729. The van der Waals surface area contributed by atoms with Gasteiger partial charge in [-0.3, -0.25) is 9.48 Å². The number of methoxy groups -OCH3 is 2. The Labute approximate surface area is 166 Å². The molecule has 3 rings (SSSR count). The fraction of sp³-hybridized carbons (Fsp3) is 0.524. The number of carbonyl (C=O) groups excluding carboxylic acids is 1. The number of hydrogen-bond acceptors (Lipinski definition) is 5. The molecule has 2 aromatic rings. The summed E-state index contributed by atoms with van der Waals surface area (Å²) in [6, 6.07) is 6.36. The maximum Gasteiger partial charge on any atom is 0.220 e. The van der Waals surface area contributed by atoms with E-state index in [2.05, 4.69) is 35.6 Å². The fourth-order valence-electron chi connectivity index (χ4n) is 3.79. The van der Waals surface area contributed by atoms with E-state index in [-0.39, 0.29) is 24.0 Å². The van der Waals surface area contributed by atoms with Gasteiger partial charge in [0.05, 0.1) is 26.5 Å². The highest BCUT2D eigenvalue weighted by molar-refractivity contribution is 5.77. The number of ether oxygens (including phenoxy) is 2. The lowest BCUT2D eigenvalue weighted by atomic mass is 9.92. The number of nitrogens with one attached hydrogen (secondary N) is 2. The molecule has 0 saturated carbocycles. The number of rotatable bonds is 8. The molecule has 1 fully saturated rings. The van der Waals surface area contributed by atoms with Crippen molar-refractivity contribution < 1.29 is 14.3 Å². The monoisotopic (exact) mass is 386 g/mol. The average Bonchev–Trinajstić information content (AvgIpc) is 3.18. The van der Waals surface area contributed by atoms with Gasteiger partial charge < -0.3 is 20.1 Å². The van der Waals surface area contributed by atoms with Crippen LogP contribution in [0.4, 0.5) is 0 Å². The van der Waals surface area contributed by atoms with Gasteiger partial charge in [-0.1, -0.05) is 6.07 Å². The molecule has 28 heavy (non-hydrogen) atoms. The van der Waals surface area contributed by atoms with Crippen LogP contribution in [0.3, 0.4) is 0 Å². The molecule has 1 aliphatic heterocycles. The zero-order valence-electron chi connectivity index (χ0n) is 17.1. The highest BCUT2D eigenvalue weighted by atomic mass is 16.5. The van der Waals surface area contributed by atoms with Crippen molar-refractivity contribution in [3.8, 4) is 11.5 Å². The van der Waals surface area contributed by atoms with E-state index >= 15 is 0 Å². The summed E-state index contributed by atoms with van der Waals surface area (Å²) in [5.74, 6) is 1.57. The second-order valence-electron chi connectivity index (χ2n) is 7.28. The van der Waals surface area contributed by atoms with Crippen molar-refractivity contribution in [3.63, 3.8) is 0 Å². The van der Waals surface area contributed by atoms with Gasteiger partial charge in [-0.15, -0.1) is 0 Å². The molecule has 0 unspecified atom stereocenters. The summed E-state index contributed by atoms with van der Waals surface area (Å²) in [4.78, 5) is 12.0. The molecule has 2 N–H and O–H groups in total. The molecule has 1 saturated heterocycles. The van der Waals surface area contributed by atoms with Crippen molar-refractivity contribution >= 4 is 5.91 Å². The molecule has 1 aliphatic rings. The van der Waals surface area contributed by atoms with Crippen LogP contribution in [0.5, 0.6) is 11.5 Å². The Hall–Kier alpha value is -2.54. The zero-order chi connectivity index (χ0) is 20.1. The third-order valence-corrected chi connectivity index (χ3v) is 5.23. The Kier molecular flexibility index (Phi) is 6.57. The summed E-state index contributed by atoms with van der Waals surface area (Å²) in [5, 5.41) is 11.2. The molecule has 7 heteroatoms. The summed E-state index contributed by atoms with van der Waals surface area (Å²) < 4.78 is 12.6. The van der Waals surface area contributed by atoms with Crippen LogP contribution in [-0.4, -0.2) is 42.0 Å². The number of nitrogens with zero attached hydrogens (tertiary/aromatic N) is 2. The normalized spacial score (nSPS) is 20.5. The Balaban J connectivity index is 1.68. The van der Waals surface area contributed by atoms with Crippen molar-refractivity contribution in [1.82, 2.24) is 20.4 Å². The van der Waals surface area contributed by atoms with Crippen LogP contribution < -0.4 is 20.1 Å². The van der Waals surface area contributed by atoms with Gasteiger partial charge in [0.15, 0.2) is 11.5 Å². The van der Waals surface area contributed by atoms with E-state index < -0.39 is 0 Å². The van der Waals surface area contributed by atoms with Gasteiger partial charge in [0, 0.05) is 36.8 Å². The van der Waals surface area contributed by atoms with Crippen LogP contribution in [0.1, 0.15) is 43.9 Å². The van der Waals surface area contributed by atoms with E-state index in [0.29, 0.717) is 6.42 Å². The Bertz CT molecular complexity index is 805. The molecule has 0 aliphatic carbocycles. The number of amides is 1. The first-order valence-electron chi connectivity index (χ1n) is 9.82. The molecule has 152 valence electrons. The lowest BCUT2D eigenvalue weighted by Crippen LogP contribution is -2.51. The molecular formula is C21H30N4O3. The summed E-state index contributed by atoms with van der Waals surface area (Å²) in [6.45, 7) is 5.03. The van der Waals surface area contributed by atoms with Gasteiger partial charge >= 0.3 is 0 Å². The lowest BCUT2D eigenvalue weighted by Gasteiger charge is -2.34. The summed E-state index contributed by atoms with van der Waals surface area (Å²) in [6.07, 6.45) is 6.08. The summed E-state index contributed by atoms with van der Waals surface area (Å²) >= 11 is 0. The Morgan fingerprint density at radius 3 is 2.79 bits per heavy atom. The van der Waals surface area contributed by atoms with E-state index in [4.69, 9.17) is 9.47 Å². The van der Waals surface area contributed by atoms with E-state index in [1.807, 2.05) is 29.2 Å². The Morgan fingerprint density at radius 2 is 2.11 bits per heavy atom. The second kappa shape index (κ2) is 9.10. The van der Waals surface area contributed by atoms with Crippen molar-refractivity contribution in [3.05, 3.63) is 41.7 Å². The number of aromatic nitrogens is 2. The third-order valence-electron chi connectivity index (χ3n) is 5.23. The highest BCUT2D eigenvalue weighted by Gasteiger charge is 2.31. The predicted molar refractivity (Wildman–Crippen MR) is 108 cm³/mol. The second-order valence-corrected chi connectivity index (χ2v) is 7.28. The molecule has 0 spiro atoms. The number of carbonyl (C=O) groups is 1. The molecule has 3 atom stereocenters. The van der Waals surface area contributed by atoms with E-state index in [1.165, 1.54) is 5.56 Å². The number of benzene rings is 1. The highest BCUT2D eigenvalue weighted by Crippen LogP contribution is 2.29. The average molecular weight is 386 g/mol.